The molecule has 0 atom stereocenters. The fraction of sp³-hybridized carbons (Fsp3) is 0.160. The summed E-state index contributed by atoms with van der Waals surface area (Å²) in [6.07, 6.45) is -2.88. The van der Waals surface area contributed by atoms with Crippen LogP contribution < -0.4 is 14.8 Å². The molecule has 0 fully saturated rings. The zero-order valence-electron chi connectivity index (χ0n) is 17.8. The number of nitrogens with one attached hydrogen (secondary N) is 1. The SMILES string of the molecule is CCOc1cc(/C=C2\C(=O)Nc3cc(C(F)(F)F)ccc32)cc(Br)c1OCc1ccc(Br)cc1. The van der Waals surface area contributed by atoms with Gasteiger partial charge in [-0.1, -0.05) is 34.1 Å². The summed E-state index contributed by atoms with van der Waals surface area (Å²) < 4.78 is 52.4. The summed E-state index contributed by atoms with van der Waals surface area (Å²) in [5.74, 6) is 0.517. The molecule has 0 radical (unpaired) electrons. The molecular formula is C25H18Br2F3NO3. The van der Waals surface area contributed by atoms with Gasteiger partial charge in [0.2, 0.25) is 0 Å². The predicted octanol–water partition coefficient (Wildman–Crippen LogP) is 7.70. The molecule has 1 heterocycles. The van der Waals surface area contributed by atoms with Crippen molar-refractivity contribution in [3.63, 3.8) is 0 Å². The van der Waals surface area contributed by atoms with Crippen LogP contribution in [0.5, 0.6) is 11.5 Å². The van der Waals surface area contributed by atoms with Gasteiger partial charge in [0.1, 0.15) is 6.61 Å². The van der Waals surface area contributed by atoms with E-state index in [2.05, 4.69) is 37.2 Å². The second-order valence-electron chi connectivity index (χ2n) is 7.45. The predicted molar refractivity (Wildman–Crippen MR) is 132 cm³/mol. The van der Waals surface area contributed by atoms with Gasteiger partial charge in [0, 0.05) is 21.3 Å². The van der Waals surface area contributed by atoms with E-state index in [9.17, 15) is 18.0 Å². The minimum atomic E-state index is -4.49. The van der Waals surface area contributed by atoms with Crippen LogP contribution in [0.25, 0.3) is 11.6 Å². The maximum atomic E-state index is 13.0. The standard InChI is InChI=1S/C25H18Br2F3NO3/c1-2-33-22-11-15(10-20(27)23(22)34-13-14-3-6-17(26)7-4-14)9-19-18-8-5-16(25(28,29)30)12-21(18)31-24(19)32/h3-12H,2,13H2,1H3,(H,31,32)/b19-9-. The summed E-state index contributed by atoms with van der Waals surface area (Å²) in [5.41, 5.74) is 1.58. The fourth-order valence-corrected chi connectivity index (χ4v) is 4.33. The van der Waals surface area contributed by atoms with Crippen LogP contribution in [0, 0.1) is 0 Å². The van der Waals surface area contributed by atoms with Gasteiger partial charge in [0.15, 0.2) is 11.5 Å². The maximum absolute atomic E-state index is 13.0. The summed E-state index contributed by atoms with van der Waals surface area (Å²) in [6, 6.07) is 14.4. The van der Waals surface area contributed by atoms with Crippen LogP contribution in [0.2, 0.25) is 0 Å². The molecule has 34 heavy (non-hydrogen) atoms. The normalized spacial score (nSPS) is 14.2. The first-order chi connectivity index (χ1) is 16.2. The number of ether oxygens (including phenoxy) is 2. The number of halogens is 5. The summed E-state index contributed by atoms with van der Waals surface area (Å²) in [4.78, 5) is 12.5. The third-order valence-corrected chi connectivity index (χ3v) is 6.19. The van der Waals surface area contributed by atoms with Gasteiger partial charge in [0.05, 0.1) is 16.6 Å². The average Bonchev–Trinajstić information content (AvgIpc) is 3.08. The Bertz CT molecular complexity index is 1270. The Labute approximate surface area is 211 Å². The molecule has 4 rings (SSSR count). The third-order valence-electron chi connectivity index (χ3n) is 5.07. The summed E-state index contributed by atoms with van der Waals surface area (Å²) in [5, 5.41) is 2.51. The Hall–Kier alpha value is -2.78. The first kappa shape index (κ1) is 24.3. The van der Waals surface area contributed by atoms with Gasteiger partial charge < -0.3 is 14.8 Å². The van der Waals surface area contributed by atoms with Crippen LogP contribution in [0.4, 0.5) is 18.9 Å². The lowest BCUT2D eigenvalue weighted by atomic mass is 10.0. The van der Waals surface area contributed by atoms with Crippen LogP contribution in [0.15, 0.2) is 63.5 Å². The molecule has 1 amide bonds. The first-order valence-corrected chi connectivity index (χ1v) is 11.8. The van der Waals surface area contributed by atoms with Crippen LogP contribution in [0.1, 0.15) is 29.2 Å². The monoisotopic (exact) mass is 595 g/mol. The van der Waals surface area contributed by atoms with Crippen LogP contribution in [0.3, 0.4) is 0 Å². The molecule has 3 aromatic carbocycles. The first-order valence-electron chi connectivity index (χ1n) is 10.2. The molecule has 0 saturated carbocycles. The lowest BCUT2D eigenvalue weighted by Gasteiger charge is -2.15. The lowest BCUT2D eigenvalue weighted by molar-refractivity contribution is -0.137. The van der Waals surface area contributed by atoms with E-state index in [-0.39, 0.29) is 11.3 Å². The molecular weight excluding hydrogens is 579 g/mol. The van der Waals surface area contributed by atoms with Gasteiger partial charge in [-0.25, -0.2) is 0 Å². The van der Waals surface area contributed by atoms with Gasteiger partial charge in [-0.15, -0.1) is 0 Å². The number of carbonyl (C=O) groups is 1. The van der Waals surface area contributed by atoms with E-state index in [1.165, 1.54) is 6.07 Å². The van der Waals surface area contributed by atoms with Gasteiger partial charge in [0.25, 0.3) is 5.91 Å². The molecule has 176 valence electrons. The van der Waals surface area contributed by atoms with E-state index >= 15 is 0 Å². The maximum Gasteiger partial charge on any atom is 0.416 e. The largest absolute Gasteiger partial charge is 0.490 e. The van der Waals surface area contributed by atoms with Crippen molar-refractivity contribution in [1.29, 1.82) is 0 Å². The van der Waals surface area contributed by atoms with E-state index in [1.54, 1.807) is 18.2 Å². The molecule has 0 aliphatic carbocycles. The van der Waals surface area contributed by atoms with Crippen LogP contribution >= 0.6 is 31.9 Å². The second-order valence-corrected chi connectivity index (χ2v) is 9.22. The quantitative estimate of drug-likeness (QED) is 0.297. The molecule has 4 nitrogen and oxygen atoms in total. The van der Waals surface area contributed by atoms with E-state index in [1.807, 2.05) is 31.2 Å². The Morgan fingerprint density at radius 2 is 1.74 bits per heavy atom. The molecule has 0 spiro atoms. The number of fused-ring (bicyclic) bond motifs is 1. The Kier molecular flexibility index (Phi) is 7.04. The van der Waals surface area contributed by atoms with E-state index in [4.69, 9.17) is 9.47 Å². The van der Waals surface area contributed by atoms with Crippen molar-refractivity contribution < 1.29 is 27.4 Å². The molecule has 1 aliphatic rings. The summed E-state index contributed by atoms with van der Waals surface area (Å²) >= 11 is 6.92. The minimum Gasteiger partial charge on any atom is -0.490 e. The highest BCUT2D eigenvalue weighted by Gasteiger charge is 2.33. The van der Waals surface area contributed by atoms with Crippen molar-refractivity contribution in [2.24, 2.45) is 0 Å². The van der Waals surface area contributed by atoms with Gasteiger partial charge in [-0.05, 0) is 76.5 Å². The minimum absolute atomic E-state index is 0.129. The number of alkyl halides is 3. The Morgan fingerprint density at radius 3 is 2.41 bits per heavy atom. The second kappa shape index (κ2) is 9.84. The Morgan fingerprint density at radius 1 is 1.00 bits per heavy atom. The molecule has 0 unspecified atom stereocenters. The van der Waals surface area contributed by atoms with Crippen molar-refractivity contribution in [1.82, 2.24) is 0 Å². The third kappa shape index (κ3) is 5.31. The molecule has 9 heteroatoms. The zero-order chi connectivity index (χ0) is 24.5. The fourth-order valence-electron chi connectivity index (χ4n) is 3.49. The molecule has 0 saturated heterocycles. The lowest BCUT2D eigenvalue weighted by Crippen LogP contribution is -2.06. The molecule has 3 aromatic rings. The van der Waals surface area contributed by atoms with E-state index in [0.717, 1.165) is 22.2 Å². The van der Waals surface area contributed by atoms with E-state index in [0.29, 0.717) is 40.3 Å². The van der Waals surface area contributed by atoms with Crippen LogP contribution in [-0.2, 0) is 17.6 Å². The van der Waals surface area contributed by atoms with Gasteiger partial charge in [-0.3, -0.25) is 4.79 Å². The number of carbonyl (C=O) groups excluding carboxylic acids is 1. The Balaban J connectivity index is 1.65. The average molecular weight is 597 g/mol. The van der Waals surface area contributed by atoms with Crippen molar-refractivity contribution in [3.8, 4) is 11.5 Å². The highest BCUT2D eigenvalue weighted by atomic mass is 79.9. The van der Waals surface area contributed by atoms with Crippen LogP contribution in [-0.4, -0.2) is 12.5 Å². The molecule has 0 aromatic heterocycles. The van der Waals surface area contributed by atoms with E-state index < -0.39 is 17.6 Å². The van der Waals surface area contributed by atoms with Gasteiger partial charge >= 0.3 is 6.18 Å². The summed E-state index contributed by atoms with van der Waals surface area (Å²) in [7, 11) is 0. The number of benzene rings is 3. The molecule has 1 N–H and O–H groups in total. The number of anilines is 1. The van der Waals surface area contributed by atoms with Gasteiger partial charge in [-0.2, -0.15) is 13.2 Å². The number of amides is 1. The van der Waals surface area contributed by atoms with Crippen molar-refractivity contribution in [3.05, 3.63) is 85.8 Å². The smallest absolute Gasteiger partial charge is 0.416 e. The van der Waals surface area contributed by atoms with Crippen molar-refractivity contribution >= 4 is 55.1 Å². The highest BCUT2D eigenvalue weighted by Crippen LogP contribution is 2.41. The topological polar surface area (TPSA) is 47.6 Å². The summed E-state index contributed by atoms with van der Waals surface area (Å²) in [6.45, 7) is 2.56. The number of rotatable bonds is 6. The highest BCUT2D eigenvalue weighted by molar-refractivity contribution is 9.10. The van der Waals surface area contributed by atoms with Crippen molar-refractivity contribution in [2.45, 2.75) is 19.7 Å². The number of hydrogen-bond donors (Lipinski definition) is 1. The molecule has 0 bridgehead atoms. The zero-order valence-corrected chi connectivity index (χ0v) is 21.0. The molecule has 1 aliphatic heterocycles. The van der Waals surface area contributed by atoms with Crippen molar-refractivity contribution in [2.75, 3.05) is 11.9 Å². The number of hydrogen-bond acceptors (Lipinski definition) is 3.